The molecule has 0 N–H and O–H groups in total. The van der Waals surface area contributed by atoms with E-state index in [-0.39, 0.29) is 0 Å². The second-order valence-corrected chi connectivity index (χ2v) is 19.7. The molecule has 1 aliphatic carbocycles. The number of hydrogen-bond acceptors (Lipinski definition) is 6. The number of rotatable bonds is 7. The summed E-state index contributed by atoms with van der Waals surface area (Å²) in [6.07, 6.45) is 0. The van der Waals surface area contributed by atoms with Crippen LogP contribution in [0.1, 0.15) is 22.3 Å². The zero-order chi connectivity index (χ0) is 49.9. The van der Waals surface area contributed by atoms with Gasteiger partial charge in [-0.25, -0.2) is 15.0 Å². The van der Waals surface area contributed by atoms with Crippen LogP contribution < -0.4 is 0 Å². The summed E-state index contributed by atoms with van der Waals surface area (Å²) in [5, 5.41) is 5.94. The first-order chi connectivity index (χ1) is 37.7. The van der Waals surface area contributed by atoms with E-state index >= 15 is 0 Å². The van der Waals surface area contributed by atoms with Crippen molar-refractivity contribution in [2.24, 2.45) is 0 Å². The molecule has 4 heterocycles. The van der Waals surface area contributed by atoms with E-state index in [9.17, 15) is 0 Å². The van der Waals surface area contributed by atoms with Crippen LogP contribution in [0.4, 0.5) is 0 Å². The van der Waals surface area contributed by atoms with Gasteiger partial charge in [-0.3, -0.25) is 0 Å². The Hall–Kier alpha value is -10.2. The molecule has 11 aromatic carbocycles. The number of hydrogen-bond donors (Lipinski definition) is 0. The Morgan fingerprint density at radius 1 is 0.263 bits per heavy atom. The van der Waals surface area contributed by atoms with Crippen LogP contribution in [0.15, 0.2) is 262 Å². The first kappa shape index (κ1) is 42.3. The van der Waals surface area contributed by atoms with Crippen LogP contribution in [-0.4, -0.2) is 15.0 Å². The van der Waals surface area contributed by atoms with Gasteiger partial charge >= 0.3 is 0 Å². The van der Waals surface area contributed by atoms with Crippen LogP contribution in [0, 0.1) is 0 Å². The van der Waals surface area contributed by atoms with Gasteiger partial charge in [0.25, 0.3) is 0 Å². The zero-order valence-electron chi connectivity index (χ0n) is 40.7. The van der Waals surface area contributed by atoms with Crippen molar-refractivity contribution in [3.8, 4) is 67.5 Å². The number of nitrogens with zero attached hydrogens (tertiary/aromatic N) is 3. The van der Waals surface area contributed by atoms with Crippen LogP contribution in [0.25, 0.3) is 133 Å². The summed E-state index contributed by atoms with van der Waals surface area (Å²) in [6.45, 7) is 0. The Bertz CT molecular complexity index is 4780. The lowest BCUT2D eigenvalue weighted by atomic mass is 9.67. The average molecular weight is 972 g/mol. The molecule has 0 saturated heterocycles. The molecular formula is C70H41N3O3. The molecule has 0 atom stereocenters. The largest absolute Gasteiger partial charge is 0.456 e. The molecule has 0 fully saturated rings. The lowest BCUT2D eigenvalue weighted by Gasteiger charge is -2.34. The summed E-state index contributed by atoms with van der Waals surface area (Å²) in [5.41, 5.74) is 18.9. The highest BCUT2D eigenvalue weighted by molar-refractivity contribution is 6.14. The number of benzene rings is 11. The van der Waals surface area contributed by atoms with E-state index in [0.717, 1.165) is 99.2 Å². The molecule has 16 rings (SSSR count). The minimum Gasteiger partial charge on any atom is -0.456 e. The fourth-order valence-corrected chi connectivity index (χ4v) is 12.3. The number of aromatic nitrogens is 3. The van der Waals surface area contributed by atoms with E-state index in [1.807, 2.05) is 66.7 Å². The highest BCUT2D eigenvalue weighted by Crippen LogP contribution is 2.58. The van der Waals surface area contributed by atoms with Gasteiger partial charge in [0.05, 0.1) is 5.41 Å². The van der Waals surface area contributed by atoms with Gasteiger partial charge in [-0.15, -0.1) is 0 Å². The molecule has 0 amide bonds. The lowest BCUT2D eigenvalue weighted by Crippen LogP contribution is -2.28. The maximum Gasteiger partial charge on any atom is 0.164 e. The van der Waals surface area contributed by atoms with E-state index in [1.54, 1.807) is 0 Å². The van der Waals surface area contributed by atoms with Gasteiger partial charge in [0.2, 0.25) is 0 Å². The second kappa shape index (κ2) is 16.4. The molecular weight excluding hydrogens is 931 g/mol. The second-order valence-electron chi connectivity index (χ2n) is 19.7. The summed E-state index contributed by atoms with van der Waals surface area (Å²) in [7, 11) is 0. The Kier molecular flexibility index (Phi) is 9.15. The van der Waals surface area contributed by atoms with Crippen LogP contribution >= 0.6 is 0 Å². The zero-order valence-corrected chi connectivity index (χ0v) is 40.7. The van der Waals surface area contributed by atoms with Gasteiger partial charge in [0, 0.05) is 49.0 Å². The fraction of sp³-hybridized carbons (Fsp3) is 0.0143. The molecule has 6 heteroatoms. The average Bonchev–Trinajstić information content (AvgIpc) is 4.39. The fourth-order valence-electron chi connectivity index (χ4n) is 12.3. The molecule has 0 saturated carbocycles. The minimum atomic E-state index is -0.469. The van der Waals surface area contributed by atoms with E-state index in [0.29, 0.717) is 17.5 Å². The predicted octanol–water partition coefficient (Wildman–Crippen LogP) is 18.3. The molecule has 354 valence electrons. The standard InChI is InChI=1S/C70H41N3O3/c1-3-16-46(17-4-1)70(47-18-5-2-6-19-47)56-26-10-7-21-51(56)64-48(23-13-27-57(64)70)43-34-32-42(33-35-43)44-37-39-60-55(40-44)66-54(25-15-31-62(66)75-60)69-72-67(45-36-38-50-49-20-8-11-28-58(49)76-63(50)41-45)71-68(73-69)53-24-14-30-61-65(53)52-22-9-12-29-59(52)74-61/h1-41H. The SMILES string of the molecule is c1ccc(C2(c3ccccc3)c3ccccc3-c3c(-c4ccc(-c5ccc6oc7cccc(-c8nc(-c9ccc%10c(c9)oc9ccccc9%10)nc(-c9cccc%10oc%11ccccc%11c9%10)n8)c7c6c5)cc4)cccc32)cc1. The maximum atomic E-state index is 6.64. The molecule has 0 radical (unpaired) electrons. The molecule has 0 aliphatic heterocycles. The summed E-state index contributed by atoms with van der Waals surface area (Å²) in [4.78, 5) is 15.9. The highest BCUT2D eigenvalue weighted by Gasteiger charge is 2.46. The highest BCUT2D eigenvalue weighted by atomic mass is 16.3. The van der Waals surface area contributed by atoms with E-state index in [1.165, 1.54) is 38.9 Å². The van der Waals surface area contributed by atoms with Gasteiger partial charge in [-0.05, 0) is 104 Å². The van der Waals surface area contributed by atoms with Gasteiger partial charge < -0.3 is 13.3 Å². The molecule has 0 bridgehead atoms. The molecule has 76 heavy (non-hydrogen) atoms. The van der Waals surface area contributed by atoms with E-state index in [4.69, 9.17) is 28.2 Å². The third-order valence-corrected chi connectivity index (χ3v) is 15.7. The summed E-state index contributed by atoms with van der Waals surface area (Å²) in [5.74, 6) is 1.58. The smallest absolute Gasteiger partial charge is 0.164 e. The molecule has 6 nitrogen and oxygen atoms in total. The lowest BCUT2D eigenvalue weighted by molar-refractivity contribution is 0.668. The number of para-hydroxylation sites is 2. The Morgan fingerprint density at radius 2 is 0.737 bits per heavy atom. The van der Waals surface area contributed by atoms with Gasteiger partial charge in [-0.1, -0.05) is 200 Å². The van der Waals surface area contributed by atoms with Gasteiger partial charge in [0.1, 0.15) is 33.5 Å². The quantitative estimate of drug-likeness (QED) is 0.158. The Labute approximate surface area is 435 Å². The summed E-state index contributed by atoms with van der Waals surface area (Å²) >= 11 is 0. The van der Waals surface area contributed by atoms with Crippen molar-refractivity contribution in [2.45, 2.75) is 5.41 Å². The van der Waals surface area contributed by atoms with Crippen molar-refractivity contribution >= 4 is 65.8 Å². The topological polar surface area (TPSA) is 78.1 Å². The van der Waals surface area contributed by atoms with Crippen LogP contribution in [0.5, 0.6) is 0 Å². The molecule has 4 aromatic heterocycles. The van der Waals surface area contributed by atoms with Gasteiger partial charge in [0.15, 0.2) is 17.5 Å². The molecule has 15 aromatic rings. The van der Waals surface area contributed by atoms with Crippen LogP contribution in [0.3, 0.4) is 0 Å². The van der Waals surface area contributed by atoms with Crippen molar-refractivity contribution in [1.82, 2.24) is 15.0 Å². The van der Waals surface area contributed by atoms with Crippen molar-refractivity contribution in [2.75, 3.05) is 0 Å². The molecule has 1 aliphatic rings. The van der Waals surface area contributed by atoms with Gasteiger partial charge in [-0.2, -0.15) is 0 Å². The predicted molar refractivity (Wildman–Crippen MR) is 306 cm³/mol. The Morgan fingerprint density at radius 3 is 1.46 bits per heavy atom. The Balaban J connectivity index is 0.835. The van der Waals surface area contributed by atoms with Crippen molar-refractivity contribution in [1.29, 1.82) is 0 Å². The monoisotopic (exact) mass is 971 g/mol. The third kappa shape index (κ3) is 6.25. The normalized spacial score (nSPS) is 12.8. The minimum absolute atomic E-state index is 0.469. The maximum absolute atomic E-state index is 6.64. The van der Waals surface area contributed by atoms with Crippen molar-refractivity contribution in [3.63, 3.8) is 0 Å². The van der Waals surface area contributed by atoms with E-state index < -0.39 is 5.41 Å². The molecule has 0 unspecified atom stereocenters. The van der Waals surface area contributed by atoms with E-state index in [2.05, 4.69) is 182 Å². The first-order valence-electron chi connectivity index (χ1n) is 25.6. The van der Waals surface area contributed by atoms with Crippen LogP contribution in [-0.2, 0) is 5.41 Å². The van der Waals surface area contributed by atoms with Crippen molar-refractivity contribution in [3.05, 3.63) is 271 Å². The van der Waals surface area contributed by atoms with Crippen molar-refractivity contribution < 1.29 is 13.3 Å². The summed E-state index contributed by atoms with van der Waals surface area (Å²) in [6, 6.07) is 87.7. The first-order valence-corrected chi connectivity index (χ1v) is 25.6. The number of fused-ring (bicyclic) bond motifs is 12. The third-order valence-electron chi connectivity index (χ3n) is 15.7. The molecule has 0 spiro atoms. The number of furan rings is 3. The summed E-state index contributed by atoms with van der Waals surface area (Å²) < 4.78 is 19.4. The van der Waals surface area contributed by atoms with Crippen LogP contribution in [0.2, 0.25) is 0 Å².